The molecule has 1 fully saturated rings. The van der Waals surface area contributed by atoms with Crippen LogP contribution in [0.1, 0.15) is 25.8 Å². The van der Waals surface area contributed by atoms with E-state index < -0.39 is 6.04 Å². The van der Waals surface area contributed by atoms with E-state index in [1.807, 2.05) is 19.9 Å². The van der Waals surface area contributed by atoms with Gasteiger partial charge in [0.2, 0.25) is 17.7 Å². The van der Waals surface area contributed by atoms with Gasteiger partial charge in [-0.25, -0.2) is 4.98 Å². The molecule has 21 heavy (non-hydrogen) atoms. The van der Waals surface area contributed by atoms with Crippen molar-refractivity contribution >= 4 is 11.8 Å². The number of pyridine rings is 1. The highest BCUT2D eigenvalue weighted by atomic mass is 16.5. The van der Waals surface area contributed by atoms with Crippen molar-refractivity contribution in [2.45, 2.75) is 32.9 Å². The van der Waals surface area contributed by atoms with Crippen molar-refractivity contribution in [2.75, 3.05) is 13.7 Å². The summed E-state index contributed by atoms with van der Waals surface area (Å²) in [5.74, 6) is 0.411. The number of carbonyl (C=O) groups excluding carboxylic acids is 2. The first-order chi connectivity index (χ1) is 10.1. The Labute approximate surface area is 124 Å². The first-order valence-corrected chi connectivity index (χ1v) is 7.13. The third kappa shape index (κ3) is 3.15. The number of ether oxygens (including phenoxy) is 1. The summed E-state index contributed by atoms with van der Waals surface area (Å²) in [5.41, 5.74) is 0.802. The lowest BCUT2D eigenvalue weighted by molar-refractivity contribution is -0.148. The lowest BCUT2D eigenvalue weighted by Gasteiger charge is -2.38. The zero-order valence-electron chi connectivity index (χ0n) is 12.6. The number of nitrogens with zero attached hydrogens (tertiary/aromatic N) is 2. The smallest absolute Gasteiger partial charge is 0.243 e. The molecule has 0 spiro atoms. The standard InChI is InChI=1S/C15H21N3O3/c1-4-10(2)13-14(20)17-8-12(19)18(13)9-11-6-5-7-16-15(11)21-3/h5-7,10,13H,4,8-9H2,1-3H3,(H,17,20). The molecule has 2 amide bonds. The molecule has 0 aliphatic carbocycles. The normalized spacial score (nSPS) is 20.1. The third-order valence-electron chi connectivity index (χ3n) is 3.91. The van der Waals surface area contributed by atoms with Gasteiger partial charge in [0.25, 0.3) is 0 Å². The van der Waals surface area contributed by atoms with Gasteiger partial charge in [-0.05, 0) is 12.0 Å². The number of piperazine rings is 1. The third-order valence-corrected chi connectivity index (χ3v) is 3.91. The van der Waals surface area contributed by atoms with Crippen molar-refractivity contribution in [1.29, 1.82) is 0 Å². The number of nitrogens with one attached hydrogen (secondary N) is 1. The van der Waals surface area contributed by atoms with E-state index in [2.05, 4.69) is 10.3 Å². The molecule has 1 aliphatic rings. The summed E-state index contributed by atoms with van der Waals surface area (Å²) in [6, 6.07) is 3.21. The van der Waals surface area contributed by atoms with Crippen molar-refractivity contribution in [2.24, 2.45) is 5.92 Å². The summed E-state index contributed by atoms with van der Waals surface area (Å²) < 4.78 is 5.22. The fraction of sp³-hybridized carbons (Fsp3) is 0.533. The lowest BCUT2D eigenvalue weighted by atomic mass is 9.94. The number of rotatable bonds is 5. The van der Waals surface area contributed by atoms with Crippen molar-refractivity contribution < 1.29 is 14.3 Å². The van der Waals surface area contributed by atoms with Crippen LogP contribution in [0.2, 0.25) is 0 Å². The Morgan fingerprint density at radius 2 is 2.29 bits per heavy atom. The second-order valence-electron chi connectivity index (χ2n) is 5.24. The van der Waals surface area contributed by atoms with Crippen molar-refractivity contribution in [3.63, 3.8) is 0 Å². The van der Waals surface area contributed by atoms with Crippen molar-refractivity contribution in [1.82, 2.24) is 15.2 Å². The summed E-state index contributed by atoms with van der Waals surface area (Å²) in [6.45, 7) is 4.38. The molecule has 0 radical (unpaired) electrons. The maximum Gasteiger partial charge on any atom is 0.243 e. The zero-order valence-corrected chi connectivity index (χ0v) is 12.6. The van der Waals surface area contributed by atoms with Gasteiger partial charge < -0.3 is 15.0 Å². The van der Waals surface area contributed by atoms with Gasteiger partial charge in [0.1, 0.15) is 6.04 Å². The Balaban J connectivity index is 2.28. The first kappa shape index (κ1) is 15.3. The Bertz CT molecular complexity index is 533. The number of carbonyl (C=O) groups is 2. The molecule has 1 aromatic heterocycles. The Morgan fingerprint density at radius 3 is 2.95 bits per heavy atom. The predicted octanol–water partition coefficient (Wildman–Crippen LogP) is 0.963. The fourth-order valence-electron chi connectivity index (χ4n) is 2.55. The van der Waals surface area contributed by atoms with Crippen LogP contribution < -0.4 is 10.1 Å². The van der Waals surface area contributed by atoms with Crippen LogP contribution in [0.3, 0.4) is 0 Å². The molecule has 1 saturated heterocycles. The van der Waals surface area contributed by atoms with Gasteiger partial charge in [0, 0.05) is 11.8 Å². The first-order valence-electron chi connectivity index (χ1n) is 7.13. The quantitative estimate of drug-likeness (QED) is 0.877. The van der Waals surface area contributed by atoms with Crippen LogP contribution in [-0.2, 0) is 16.1 Å². The van der Waals surface area contributed by atoms with E-state index in [1.54, 1.807) is 24.3 Å². The molecule has 2 atom stereocenters. The molecule has 2 heterocycles. The van der Waals surface area contributed by atoms with Crippen LogP contribution in [0.5, 0.6) is 5.88 Å². The minimum atomic E-state index is -0.443. The van der Waals surface area contributed by atoms with E-state index in [1.165, 1.54) is 0 Å². The highest BCUT2D eigenvalue weighted by molar-refractivity contribution is 5.95. The van der Waals surface area contributed by atoms with E-state index in [4.69, 9.17) is 4.74 Å². The molecule has 6 heteroatoms. The Kier molecular flexibility index (Phi) is 4.77. The molecule has 1 aromatic rings. The predicted molar refractivity (Wildman–Crippen MR) is 77.6 cm³/mol. The van der Waals surface area contributed by atoms with Crippen LogP contribution in [0, 0.1) is 5.92 Å². The van der Waals surface area contributed by atoms with Crippen LogP contribution in [-0.4, -0.2) is 41.4 Å². The largest absolute Gasteiger partial charge is 0.481 e. The summed E-state index contributed by atoms with van der Waals surface area (Å²) in [7, 11) is 1.54. The average Bonchev–Trinajstić information content (AvgIpc) is 2.51. The maximum absolute atomic E-state index is 12.2. The second-order valence-corrected chi connectivity index (χ2v) is 5.24. The SMILES string of the molecule is CCC(C)C1C(=O)NCC(=O)N1Cc1cccnc1OC. The van der Waals surface area contributed by atoms with Gasteiger partial charge in [-0.3, -0.25) is 9.59 Å². The Morgan fingerprint density at radius 1 is 1.52 bits per heavy atom. The van der Waals surface area contributed by atoms with Crippen LogP contribution in [0.15, 0.2) is 18.3 Å². The second kappa shape index (κ2) is 6.56. The molecule has 114 valence electrons. The van der Waals surface area contributed by atoms with Crippen LogP contribution in [0.25, 0.3) is 0 Å². The number of hydrogen-bond acceptors (Lipinski definition) is 4. The van der Waals surface area contributed by atoms with Gasteiger partial charge >= 0.3 is 0 Å². The molecule has 2 unspecified atom stereocenters. The van der Waals surface area contributed by atoms with E-state index in [0.717, 1.165) is 12.0 Å². The summed E-state index contributed by atoms with van der Waals surface area (Å²) in [6.07, 6.45) is 2.46. The maximum atomic E-state index is 12.2. The molecule has 0 aromatic carbocycles. The van der Waals surface area contributed by atoms with Crippen LogP contribution in [0.4, 0.5) is 0 Å². The zero-order chi connectivity index (χ0) is 15.4. The van der Waals surface area contributed by atoms with E-state index in [9.17, 15) is 9.59 Å². The summed E-state index contributed by atoms with van der Waals surface area (Å²) in [4.78, 5) is 30.1. The lowest BCUT2D eigenvalue weighted by Crippen LogP contribution is -2.60. The highest BCUT2D eigenvalue weighted by Gasteiger charge is 2.37. The minimum Gasteiger partial charge on any atom is -0.481 e. The van der Waals surface area contributed by atoms with E-state index in [-0.39, 0.29) is 24.3 Å². The number of aromatic nitrogens is 1. The number of amides is 2. The monoisotopic (exact) mass is 291 g/mol. The average molecular weight is 291 g/mol. The van der Waals surface area contributed by atoms with E-state index in [0.29, 0.717) is 12.4 Å². The number of methoxy groups -OCH3 is 1. The van der Waals surface area contributed by atoms with Crippen LogP contribution >= 0.6 is 0 Å². The van der Waals surface area contributed by atoms with Crippen molar-refractivity contribution in [3.8, 4) is 5.88 Å². The Hall–Kier alpha value is -2.11. The number of hydrogen-bond donors (Lipinski definition) is 1. The van der Waals surface area contributed by atoms with Gasteiger partial charge in [-0.15, -0.1) is 0 Å². The van der Waals surface area contributed by atoms with Crippen molar-refractivity contribution in [3.05, 3.63) is 23.9 Å². The topological polar surface area (TPSA) is 71.5 Å². The molecular formula is C15H21N3O3. The van der Waals surface area contributed by atoms with Gasteiger partial charge in [0.15, 0.2) is 0 Å². The van der Waals surface area contributed by atoms with Gasteiger partial charge in [-0.1, -0.05) is 26.3 Å². The molecule has 1 aliphatic heterocycles. The summed E-state index contributed by atoms with van der Waals surface area (Å²) in [5, 5.41) is 2.66. The highest BCUT2D eigenvalue weighted by Crippen LogP contribution is 2.23. The molecule has 6 nitrogen and oxygen atoms in total. The minimum absolute atomic E-state index is 0.0499. The fourth-order valence-corrected chi connectivity index (χ4v) is 2.55. The summed E-state index contributed by atoms with van der Waals surface area (Å²) >= 11 is 0. The van der Waals surface area contributed by atoms with Gasteiger partial charge in [0.05, 0.1) is 20.2 Å². The molecule has 1 N–H and O–H groups in total. The van der Waals surface area contributed by atoms with E-state index >= 15 is 0 Å². The molecule has 0 bridgehead atoms. The molecule has 2 rings (SSSR count). The van der Waals surface area contributed by atoms with Gasteiger partial charge in [-0.2, -0.15) is 0 Å². The molecule has 0 saturated carbocycles. The molecular weight excluding hydrogens is 270 g/mol.